The molecule has 0 saturated carbocycles. The molecule has 1 N–H and O–H groups in total. The number of hydrogen-bond donors (Lipinski definition) is 1. The Morgan fingerprint density at radius 2 is 2.07 bits per heavy atom. The van der Waals surface area contributed by atoms with Crippen molar-refractivity contribution in [2.45, 2.75) is 38.7 Å². The van der Waals surface area contributed by atoms with E-state index in [4.69, 9.17) is 9.47 Å². The van der Waals surface area contributed by atoms with Crippen molar-refractivity contribution in [1.29, 1.82) is 0 Å². The zero-order valence-corrected chi connectivity index (χ0v) is 9.29. The topological polar surface area (TPSA) is 38.7 Å². The molecule has 0 aromatic carbocycles. The van der Waals surface area contributed by atoms with Gasteiger partial charge in [-0.3, -0.25) is 0 Å². The van der Waals surface area contributed by atoms with E-state index >= 15 is 0 Å². The first-order valence-corrected chi connectivity index (χ1v) is 5.52. The molecule has 0 bridgehead atoms. The maximum Gasteiger partial charge on any atom is 0.0854 e. The lowest BCUT2D eigenvalue weighted by molar-refractivity contribution is -0.0561. The van der Waals surface area contributed by atoms with Gasteiger partial charge < -0.3 is 14.6 Å². The average Bonchev–Trinajstić information content (AvgIpc) is 2.16. The second-order valence-corrected chi connectivity index (χ2v) is 4.39. The molecule has 1 atom stereocenters. The number of aliphatic hydroxyl groups is 1. The molecule has 0 aliphatic carbocycles. The third-order valence-electron chi connectivity index (χ3n) is 2.69. The van der Waals surface area contributed by atoms with Crippen molar-refractivity contribution >= 4 is 0 Å². The van der Waals surface area contributed by atoms with Crippen LogP contribution in [0.3, 0.4) is 0 Å². The zero-order valence-electron chi connectivity index (χ0n) is 9.29. The Bertz CT molecular complexity index is 151. The lowest BCUT2D eigenvalue weighted by atomic mass is 9.87. The Kier molecular flexibility index (Phi) is 4.85. The van der Waals surface area contributed by atoms with Crippen LogP contribution in [0.25, 0.3) is 0 Å². The second kappa shape index (κ2) is 5.69. The molecule has 1 unspecified atom stereocenters. The lowest BCUT2D eigenvalue weighted by Gasteiger charge is -2.30. The van der Waals surface area contributed by atoms with Crippen LogP contribution < -0.4 is 0 Å². The first-order chi connectivity index (χ1) is 6.64. The van der Waals surface area contributed by atoms with Crippen LogP contribution in [0, 0.1) is 5.92 Å². The summed E-state index contributed by atoms with van der Waals surface area (Å²) in [5, 5.41) is 10.0. The van der Waals surface area contributed by atoms with Gasteiger partial charge in [-0.2, -0.15) is 0 Å². The molecule has 0 spiro atoms. The van der Waals surface area contributed by atoms with Crippen LogP contribution >= 0.6 is 0 Å². The van der Waals surface area contributed by atoms with Gasteiger partial charge in [0.1, 0.15) is 0 Å². The molecular weight excluding hydrogens is 180 g/mol. The van der Waals surface area contributed by atoms with Gasteiger partial charge in [-0.05, 0) is 39.0 Å². The summed E-state index contributed by atoms with van der Waals surface area (Å²) < 4.78 is 10.5. The van der Waals surface area contributed by atoms with Crippen LogP contribution in [0.15, 0.2) is 0 Å². The number of ether oxygens (including phenoxy) is 2. The molecule has 0 amide bonds. The highest BCUT2D eigenvalue weighted by Crippen LogP contribution is 2.25. The normalized spacial score (nSPS) is 23.4. The largest absolute Gasteiger partial charge is 0.388 e. The van der Waals surface area contributed by atoms with E-state index in [0.717, 1.165) is 32.5 Å². The molecule has 3 nitrogen and oxygen atoms in total. The maximum atomic E-state index is 10.0. The van der Waals surface area contributed by atoms with Gasteiger partial charge in [-0.1, -0.05) is 0 Å². The third kappa shape index (κ3) is 4.40. The minimum absolute atomic E-state index is 0.445. The highest BCUT2D eigenvalue weighted by molar-refractivity contribution is 4.78. The van der Waals surface area contributed by atoms with Crippen LogP contribution in [0.1, 0.15) is 33.1 Å². The minimum atomic E-state index is -0.669. The molecule has 3 heteroatoms. The third-order valence-corrected chi connectivity index (χ3v) is 2.69. The first-order valence-electron chi connectivity index (χ1n) is 5.52. The standard InChI is InChI=1S/C11H22O3/c1-3-13-9-11(2,12)8-10-4-6-14-7-5-10/h10,12H,3-9H2,1-2H3. The molecule has 1 aliphatic heterocycles. The van der Waals surface area contributed by atoms with E-state index in [9.17, 15) is 5.11 Å². The Hall–Kier alpha value is -0.120. The second-order valence-electron chi connectivity index (χ2n) is 4.39. The molecule has 0 aromatic heterocycles. The van der Waals surface area contributed by atoms with Crippen molar-refractivity contribution < 1.29 is 14.6 Å². The number of rotatable bonds is 5. The van der Waals surface area contributed by atoms with Gasteiger partial charge in [0.05, 0.1) is 12.2 Å². The van der Waals surface area contributed by atoms with Crippen LogP contribution in [0.2, 0.25) is 0 Å². The van der Waals surface area contributed by atoms with Gasteiger partial charge in [0, 0.05) is 19.8 Å². The van der Waals surface area contributed by atoms with Crippen molar-refractivity contribution in [3.05, 3.63) is 0 Å². The molecule has 0 radical (unpaired) electrons. The molecule has 0 aromatic rings. The highest BCUT2D eigenvalue weighted by Gasteiger charge is 2.26. The van der Waals surface area contributed by atoms with Crippen LogP contribution in [-0.4, -0.2) is 37.1 Å². The van der Waals surface area contributed by atoms with E-state index in [2.05, 4.69) is 0 Å². The van der Waals surface area contributed by atoms with Gasteiger partial charge in [0.15, 0.2) is 0 Å². The molecular formula is C11H22O3. The Labute approximate surface area is 86.4 Å². The summed E-state index contributed by atoms with van der Waals surface area (Å²) in [6.07, 6.45) is 2.97. The quantitative estimate of drug-likeness (QED) is 0.736. The Morgan fingerprint density at radius 1 is 1.43 bits per heavy atom. The minimum Gasteiger partial charge on any atom is -0.388 e. The lowest BCUT2D eigenvalue weighted by Crippen LogP contribution is -2.35. The molecule has 1 aliphatic rings. The van der Waals surface area contributed by atoms with Crippen LogP contribution in [0.4, 0.5) is 0 Å². The van der Waals surface area contributed by atoms with E-state index in [-0.39, 0.29) is 0 Å². The van der Waals surface area contributed by atoms with E-state index in [1.165, 1.54) is 0 Å². The maximum absolute atomic E-state index is 10.0. The van der Waals surface area contributed by atoms with E-state index in [1.807, 2.05) is 13.8 Å². The SMILES string of the molecule is CCOCC(C)(O)CC1CCOCC1. The average molecular weight is 202 g/mol. The smallest absolute Gasteiger partial charge is 0.0854 e. The van der Waals surface area contributed by atoms with Crippen molar-refractivity contribution in [1.82, 2.24) is 0 Å². The summed E-state index contributed by atoms with van der Waals surface area (Å²) >= 11 is 0. The molecule has 1 saturated heterocycles. The van der Waals surface area contributed by atoms with E-state index < -0.39 is 5.60 Å². The Balaban J connectivity index is 2.25. The first kappa shape index (κ1) is 12.0. The predicted octanol–water partition coefficient (Wildman–Crippen LogP) is 1.59. The van der Waals surface area contributed by atoms with Gasteiger partial charge in [0.2, 0.25) is 0 Å². The molecule has 1 heterocycles. The van der Waals surface area contributed by atoms with Gasteiger partial charge in [-0.15, -0.1) is 0 Å². The van der Waals surface area contributed by atoms with Gasteiger partial charge in [-0.25, -0.2) is 0 Å². The van der Waals surface area contributed by atoms with Crippen molar-refractivity contribution in [2.24, 2.45) is 5.92 Å². The Morgan fingerprint density at radius 3 is 2.64 bits per heavy atom. The van der Waals surface area contributed by atoms with E-state index in [1.54, 1.807) is 0 Å². The van der Waals surface area contributed by atoms with Crippen molar-refractivity contribution in [2.75, 3.05) is 26.4 Å². The van der Waals surface area contributed by atoms with Crippen molar-refractivity contribution in [3.8, 4) is 0 Å². The van der Waals surface area contributed by atoms with Crippen LogP contribution in [0.5, 0.6) is 0 Å². The monoisotopic (exact) mass is 202 g/mol. The summed E-state index contributed by atoms with van der Waals surface area (Å²) in [6.45, 7) is 6.61. The molecule has 84 valence electrons. The number of hydrogen-bond acceptors (Lipinski definition) is 3. The highest BCUT2D eigenvalue weighted by atomic mass is 16.5. The summed E-state index contributed by atoms with van der Waals surface area (Å²) in [5.41, 5.74) is -0.669. The van der Waals surface area contributed by atoms with E-state index in [0.29, 0.717) is 19.1 Å². The molecule has 1 rings (SSSR count). The van der Waals surface area contributed by atoms with Crippen molar-refractivity contribution in [3.63, 3.8) is 0 Å². The summed E-state index contributed by atoms with van der Waals surface area (Å²) in [6, 6.07) is 0. The fourth-order valence-corrected chi connectivity index (χ4v) is 1.95. The predicted molar refractivity (Wildman–Crippen MR) is 55.3 cm³/mol. The summed E-state index contributed by atoms with van der Waals surface area (Å²) in [5.74, 6) is 0.596. The fraction of sp³-hybridized carbons (Fsp3) is 1.00. The van der Waals surface area contributed by atoms with Gasteiger partial charge in [0.25, 0.3) is 0 Å². The fourth-order valence-electron chi connectivity index (χ4n) is 1.95. The zero-order chi connectivity index (χ0) is 10.4. The van der Waals surface area contributed by atoms with Crippen LogP contribution in [-0.2, 0) is 9.47 Å². The molecule has 1 fully saturated rings. The summed E-state index contributed by atoms with van der Waals surface area (Å²) in [4.78, 5) is 0. The summed E-state index contributed by atoms with van der Waals surface area (Å²) in [7, 11) is 0. The molecule has 14 heavy (non-hydrogen) atoms. The van der Waals surface area contributed by atoms with Gasteiger partial charge >= 0.3 is 0 Å².